The summed E-state index contributed by atoms with van der Waals surface area (Å²) in [5.74, 6) is -0.0150. The normalized spacial score (nSPS) is 10.4. The van der Waals surface area contributed by atoms with Gasteiger partial charge in [0.2, 0.25) is 0 Å². The Labute approximate surface area is 182 Å². The number of pyridine rings is 2. The number of nitrogens with zero attached hydrogens (tertiary/aromatic N) is 4. The largest absolute Gasteiger partial charge is 0.339 e. The predicted molar refractivity (Wildman–Crippen MR) is 120 cm³/mol. The quantitative estimate of drug-likeness (QED) is 0.596. The number of nitrogens with one attached hydrogen (secondary N) is 1. The number of urea groups is 1. The summed E-state index contributed by atoms with van der Waals surface area (Å²) < 4.78 is 0. The minimum Gasteiger partial charge on any atom is -0.339 e. The molecule has 7 heteroatoms. The van der Waals surface area contributed by atoms with E-state index in [-0.39, 0.29) is 11.9 Å². The Morgan fingerprint density at radius 1 is 0.806 bits per heavy atom. The Hall–Kier alpha value is -3.74. The maximum atomic E-state index is 13.0. The molecule has 0 aliphatic carbocycles. The lowest BCUT2D eigenvalue weighted by Crippen LogP contribution is -2.34. The van der Waals surface area contributed by atoms with E-state index in [1.54, 1.807) is 58.9 Å². The third-order valence-electron chi connectivity index (χ3n) is 4.94. The Morgan fingerprint density at radius 2 is 1.48 bits per heavy atom. The predicted octanol–water partition coefficient (Wildman–Crippen LogP) is 4.19. The van der Waals surface area contributed by atoms with Crippen molar-refractivity contribution in [1.82, 2.24) is 19.8 Å². The Kier molecular flexibility index (Phi) is 7.70. The minimum atomic E-state index is -0.233. The van der Waals surface area contributed by atoms with Crippen LogP contribution >= 0.6 is 0 Å². The van der Waals surface area contributed by atoms with Crippen LogP contribution in [0.2, 0.25) is 0 Å². The molecule has 3 rings (SSSR count). The van der Waals surface area contributed by atoms with E-state index < -0.39 is 0 Å². The number of hydrogen-bond donors (Lipinski definition) is 1. The van der Waals surface area contributed by atoms with Crippen LogP contribution in [-0.4, -0.2) is 44.8 Å². The highest BCUT2D eigenvalue weighted by atomic mass is 16.2. The summed E-state index contributed by atoms with van der Waals surface area (Å²) in [6.07, 6.45) is 6.88. The molecule has 3 amide bonds. The molecule has 0 saturated heterocycles. The van der Waals surface area contributed by atoms with Crippen LogP contribution in [0.1, 0.15) is 35.3 Å². The zero-order chi connectivity index (χ0) is 22.1. The topological polar surface area (TPSA) is 78.4 Å². The molecule has 0 aliphatic heterocycles. The summed E-state index contributed by atoms with van der Waals surface area (Å²) >= 11 is 0. The first-order chi connectivity index (χ1) is 15.1. The van der Waals surface area contributed by atoms with Gasteiger partial charge in [-0.15, -0.1) is 0 Å². The molecule has 1 N–H and O–H groups in total. The molecule has 160 valence electrons. The first-order valence-electron chi connectivity index (χ1n) is 10.3. The van der Waals surface area contributed by atoms with Crippen molar-refractivity contribution < 1.29 is 9.59 Å². The third-order valence-corrected chi connectivity index (χ3v) is 4.94. The van der Waals surface area contributed by atoms with Crippen molar-refractivity contribution in [2.75, 3.05) is 18.4 Å². The fourth-order valence-electron chi connectivity index (χ4n) is 3.21. The Balaban J connectivity index is 1.72. The zero-order valence-electron chi connectivity index (χ0n) is 17.9. The van der Waals surface area contributed by atoms with Crippen LogP contribution in [0.15, 0.2) is 73.3 Å². The molecule has 0 radical (unpaired) electrons. The molecule has 0 aliphatic rings. The molecular formula is C24H27N5O2. The van der Waals surface area contributed by atoms with E-state index in [0.29, 0.717) is 37.4 Å². The molecular weight excluding hydrogens is 390 g/mol. The molecule has 0 saturated carbocycles. The molecule has 2 heterocycles. The number of hydrogen-bond acceptors (Lipinski definition) is 4. The average molecular weight is 418 g/mol. The molecule has 7 nitrogen and oxygen atoms in total. The van der Waals surface area contributed by atoms with Crippen LogP contribution in [0.5, 0.6) is 0 Å². The molecule has 0 spiro atoms. The summed E-state index contributed by atoms with van der Waals surface area (Å²) in [6, 6.07) is 14.3. The van der Waals surface area contributed by atoms with Crippen molar-refractivity contribution in [2.45, 2.75) is 26.9 Å². The molecule has 31 heavy (non-hydrogen) atoms. The number of carbonyl (C=O) groups excluding carboxylic acids is 2. The molecule has 0 atom stereocenters. The Morgan fingerprint density at radius 3 is 2.10 bits per heavy atom. The lowest BCUT2D eigenvalue weighted by Gasteiger charge is -2.23. The van der Waals surface area contributed by atoms with Gasteiger partial charge in [-0.25, -0.2) is 4.79 Å². The van der Waals surface area contributed by atoms with E-state index in [4.69, 9.17) is 0 Å². The second-order valence-electron chi connectivity index (χ2n) is 7.06. The van der Waals surface area contributed by atoms with E-state index in [1.807, 2.05) is 38.1 Å². The van der Waals surface area contributed by atoms with Crippen LogP contribution < -0.4 is 5.32 Å². The van der Waals surface area contributed by atoms with Crippen LogP contribution in [0.25, 0.3) is 0 Å². The highest BCUT2D eigenvalue weighted by Crippen LogP contribution is 2.15. The lowest BCUT2D eigenvalue weighted by atomic mass is 10.1. The van der Waals surface area contributed by atoms with Crippen LogP contribution in [0.4, 0.5) is 10.5 Å². The fraction of sp³-hybridized carbons (Fsp3) is 0.250. The number of anilines is 1. The average Bonchev–Trinajstić information content (AvgIpc) is 2.81. The maximum absolute atomic E-state index is 13.0. The number of amides is 3. The van der Waals surface area contributed by atoms with Crippen LogP contribution in [-0.2, 0) is 13.1 Å². The fourth-order valence-corrected chi connectivity index (χ4v) is 3.21. The smallest absolute Gasteiger partial charge is 0.322 e. The van der Waals surface area contributed by atoms with Gasteiger partial charge in [0.1, 0.15) is 0 Å². The van der Waals surface area contributed by atoms with Crippen molar-refractivity contribution in [1.29, 1.82) is 0 Å². The maximum Gasteiger partial charge on any atom is 0.322 e. The van der Waals surface area contributed by atoms with E-state index >= 15 is 0 Å². The van der Waals surface area contributed by atoms with Crippen molar-refractivity contribution in [3.8, 4) is 0 Å². The SMILES string of the molecule is CCN(CC)C(=O)c1ccc(NC(=O)N(Cc2ccncc2)Cc2cccnc2)cc1. The number of rotatable bonds is 8. The van der Waals surface area contributed by atoms with Gasteiger partial charge < -0.3 is 15.1 Å². The van der Waals surface area contributed by atoms with E-state index in [0.717, 1.165) is 11.1 Å². The second-order valence-corrected chi connectivity index (χ2v) is 7.06. The summed E-state index contributed by atoms with van der Waals surface area (Å²) in [5, 5.41) is 2.93. The van der Waals surface area contributed by atoms with Gasteiger partial charge in [0, 0.05) is 62.2 Å². The zero-order valence-corrected chi connectivity index (χ0v) is 17.9. The minimum absolute atomic E-state index is 0.0150. The summed E-state index contributed by atoms with van der Waals surface area (Å²) in [4.78, 5) is 37.2. The molecule has 0 bridgehead atoms. The van der Waals surface area contributed by atoms with Crippen molar-refractivity contribution >= 4 is 17.6 Å². The highest BCUT2D eigenvalue weighted by Gasteiger charge is 2.16. The lowest BCUT2D eigenvalue weighted by molar-refractivity contribution is 0.0773. The van der Waals surface area contributed by atoms with Gasteiger partial charge in [-0.2, -0.15) is 0 Å². The van der Waals surface area contributed by atoms with Crippen molar-refractivity contribution in [2.24, 2.45) is 0 Å². The monoisotopic (exact) mass is 417 g/mol. The molecule has 0 unspecified atom stereocenters. The Bertz CT molecular complexity index is 932. The van der Waals surface area contributed by atoms with E-state index in [2.05, 4.69) is 15.3 Å². The van der Waals surface area contributed by atoms with Gasteiger partial charge in [0.25, 0.3) is 5.91 Å². The van der Waals surface area contributed by atoms with E-state index in [1.165, 1.54) is 0 Å². The molecule has 1 aromatic carbocycles. The van der Waals surface area contributed by atoms with Crippen LogP contribution in [0.3, 0.4) is 0 Å². The summed E-state index contributed by atoms with van der Waals surface area (Å²) in [5.41, 5.74) is 3.15. The van der Waals surface area contributed by atoms with Gasteiger partial charge in [-0.1, -0.05) is 6.07 Å². The third kappa shape index (κ3) is 6.12. The number of carbonyl (C=O) groups is 2. The molecule has 3 aromatic rings. The molecule has 2 aromatic heterocycles. The first-order valence-corrected chi connectivity index (χ1v) is 10.3. The summed E-state index contributed by atoms with van der Waals surface area (Å²) in [7, 11) is 0. The van der Waals surface area contributed by atoms with Crippen LogP contribution in [0, 0.1) is 0 Å². The number of benzene rings is 1. The highest BCUT2D eigenvalue weighted by molar-refractivity contribution is 5.95. The van der Waals surface area contributed by atoms with Gasteiger partial charge in [-0.3, -0.25) is 14.8 Å². The molecule has 0 fully saturated rings. The van der Waals surface area contributed by atoms with E-state index in [9.17, 15) is 9.59 Å². The van der Waals surface area contributed by atoms with Gasteiger partial charge in [-0.05, 0) is 67.4 Å². The van der Waals surface area contributed by atoms with Crippen molar-refractivity contribution in [3.05, 3.63) is 90.0 Å². The van der Waals surface area contributed by atoms with Crippen molar-refractivity contribution in [3.63, 3.8) is 0 Å². The van der Waals surface area contributed by atoms with Gasteiger partial charge in [0.05, 0.1) is 0 Å². The standard InChI is InChI=1S/C24H27N5O2/c1-3-28(4-2)23(30)21-7-9-22(10-8-21)27-24(31)29(17-19-11-14-25-15-12-19)18-20-6-5-13-26-16-20/h5-16H,3-4,17-18H2,1-2H3,(H,27,31). The second kappa shape index (κ2) is 10.9. The number of aromatic nitrogens is 2. The van der Waals surface area contributed by atoms with Gasteiger partial charge >= 0.3 is 6.03 Å². The summed E-state index contributed by atoms with van der Waals surface area (Å²) in [6.45, 7) is 6.08. The first kappa shape index (κ1) is 22.0. The van der Waals surface area contributed by atoms with Gasteiger partial charge in [0.15, 0.2) is 0 Å².